The van der Waals surface area contributed by atoms with Crippen molar-refractivity contribution in [1.29, 1.82) is 0 Å². The number of amides is 1. The molecule has 5 nitrogen and oxygen atoms in total. The summed E-state index contributed by atoms with van der Waals surface area (Å²) in [5.41, 5.74) is 0. The average Bonchev–Trinajstić information content (AvgIpc) is 2.44. The fourth-order valence-corrected chi connectivity index (χ4v) is 1.90. The zero-order chi connectivity index (χ0) is 15.7. The number of carbonyl (C=O) groups excluding carboxylic acids is 2. The van der Waals surface area contributed by atoms with Crippen molar-refractivity contribution in [3.05, 3.63) is 29.3 Å². The molecule has 0 heterocycles. The molecule has 0 N–H and O–H groups in total. The number of hydrogen-bond donors (Lipinski definition) is 0. The molecule has 116 valence electrons. The molecule has 0 bridgehead atoms. The minimum Gasteiger partial charge on any atom is -0.484 e. The Hall–Kier alpha value is -1.75. The molecule has 6 heteroatoms. The van der Waals surface area contributed by atoms with Gasteiger partial charge in [-0.25, -0.2) is 0 Å². The number of hydrogen-bond acceptors (Lipinski definition) is 4. The Labute approximate surface area is 129 Å². The van der Waals surface area contributed by atoms with E-state index in [1.165, 1.54) is 4.90 Å². The van der Waals surface area contributed by atoms with Crippen LogP contribution in [0, 0.1) is 0 Å². The van der Waals surface area contributed by atoms with E-state index in [4.69, 9.17) is 21.1 Å². The van der Waals surface area contributed by atoms with Crippen LogP contribution < -0.4 is 4.74 Å². The van der Waals surface area contributed by atoms with E-state index in [0.717, 1.165) is 6.42 Å². The highest BCUT2D eigenvalue weighted by Gasteiger charge is 2.17. The van der Waals surface area contributed by atoms with Gasteiger partial charge in [-0.05, 0) is 31.5 Å². The molecule has 0 radical (unpaired) electrons. The summed E-state index contributed by atoms with van der Waals surface area (Å²) in [6.07, 6.45) is 0.752. The first-order valence-corrected chi connectivity index (χ1v) is 7.26. The van der Waals surface area contributed by atoms with Gasteiger partial charge in [-0.1, -0.05) is 24.6 Å². The Morgan fingerprint density at radius 2 is 2.05 bits per heavy atom. The Balaban J connectivity index is 2.54. The summed E-state index contributed by atoms with van der Waals surface area (Å²) >= 11 is 5.84. The van der Waals surface area contributed by atoms with Gasteiger partial charge in [0.15, 0.2) is 6.61 Å². The molecule has 1 aromatic carbocycles. The fraction of sp³-hybridized carbons (Fsp3) is 0.467. The third-order valence-corrected chi connectivity index (χ3v) is 2.87. The standard InChI is InChI=1S/C15H20ClNO4/c1-3-8-17(10-15(19)20-4-2)14(18)11-21-13-7-5-6-12(16)9-13/h5-7,9H,3-4,8,10-11H2,1-2H3. The second-order valence-corrected chi connectivity index (χ2v) is 4.80. The largest absolute Gasteiger partial charge is 0.484 e. The molecule has 0 unspecified atom stereocenters. The van der Waals surface area contributed by atoms with Crippen LogP contribution >= 0.6 is 11.6 Å². The van der Waals surface area contributed by atoms with Gasteiger partial charge in [0.2, 0.25) is 0 Å². The van der Waals surface area contributed by atoms with Crippen molar-refractivity contribution in [2.45, 2.75) is 20.3 Å². The van der Waals surface area contributed by atoms with Crippen molar-refractivity contribution in [2.24, 2.45) is 0 Å². The van der Waals surface area contributed by atoms with E-state index in [-0.39, 0.29) is 19.1 Å². The van der Waals surface area contributed by atoms with E-state index < -0.39 is 5.97 Å². The van der Waals surface area contributed by atoms with E-state index in [2.05, 4.69) is 0 Å². The second-order valence-electron chi connectivity index (χ2n) is 4.37. The van der Waals surface area contributed by atoms with Crippen LogP contribution in [0.4, 0.5) is 0 Å². The molecule has 0 aliphatic carbocycles. The number of esters is 1. The summed E-state index contributed by atoms with van der Waals surface area (Å²) in [7, 11) is 0. The molecule has 0 aromatic heterocycles. The van der Waals surface area contributed by atoms with E-state index >= 15 is 0 Å². The quantitative estimate of drug-likeness (QED) is 0.692. The monoisotopic (exact) mass is 313 g/mol. The number of ether oxygens (including phenoxy) is 2. The van der Waals surface area contributed by atoms with Crippen LogP contribution in [0.3, 0.4) is 0 Å². The number of carbonyl (C=O) groups is 2. The van der Waals surface area contributed by atoms with Crippen LogP contribution in [0.2, 0.25) is 5.02 Å². The molecule has 0 aliphatic rings. The van der Waals surface area contributed by atoms with Gasteiger partial charge in [-0.15, -0.1) is 0 Å². The Morgan fingerprint density at radius 1 is 1.29 bits per heavy atom. The Kier molecular flexibility index (Phi) is 7.61. The van der Waals surface area contributed by atoms with Crippen molar-refractivity contribution in [3.8, 4) is 5.75 Å². The SMILES string of the molecule is CCCN(CC(=O)OCC)C(=O)COc1cccc(Cl)c1. The van der Waals surface area contributed by atoms with Gasteiger partial charge in [0, 0.05) is 11.6 Å². The number of rotatable bonds is 8. The molecule has 0 aliphatic heterocycles. The van der Waals surface area contributed by atoms with Gasteiger partial charge in [0.05, 0.1) is 6.61 Å². The zero-order valence-corrected chi connectivity index (χ0v) is 13.1. The number of nitrogens with zero attached hydrogens (tertiary/aromatic N) is 1. The average molecular weight is 314 g/mol. The summed E-state index contributed by atoms with van der Waals surface area (Å²) in [6, 6.07) is 6.81. The van der Waals surface area contributed by atoms with Crippen LogP contribution in [-0.4, -0.2) is 43.1 Å². The highest BCUT2D eigenvalue weighted by Crippen LogP contribution is 2.17. The summed E-state index contributed by atoms with van der Waals surface area (Å²) in [5.74, 6) is -0.157. The van der Waals surface area contributed by atoms with Crippen LogP contribution in [0.25, 0.3) is 0 Å². The third kappa shape index (κ3) is 6.49. The van der Waals surface area contributed by atoms with Gasteiger partial charge in [-0.3, -0.25) is 9.59 Å². The molecule has 0 saturated carbocycles. The summed E-state index contributed by atoms with van der Waals surface area (Å²) < 4.78 is 10.2. The third-order valence-electron chi connectivity index (χ3n) is 2.63. The first-order valence-electron chi connectivity index (χ1n) is 6.88. The van der Waals surface area contributed by atoms with Gasteiger partial charge < -0.3 is 14.4 Å². The van der Waals surface area contributed by atoms with Gasteiger partial charge in [0.25, 0.3) is 5.91 Å². The Morgan fingerprint density at radius 3 is 2.67 bits per heavy atom. The minimum absolute atomic E-state index is 0.0561. The maximum Gasteiger partial charge on any atom is 0.325 e. The second kappa shape index (κ2) is 9.23. The molecule has 0 fully saturated rings. The van der Waals surface area contributed by atoms with Gasteiger partial charge >= 0.3 is 5.97 Å². The van der Waals surface area contributed by atoms with Crippen molar-refractivity contribution < 1.29 is 19.1 Å². The lowest BCUT2D eigenvalue weighted by atomic mass is 10.3. The molecule has 0 saturated heterocycles. The number of benzene rings is 1. The molecular formula is C15H20ClNO4. The molecule has 0 spiro atoms. The normalized spacial score (nSPS) is 10.0. The maximum absolute atomic E-state index is 12.1. The highest BCUT2D eigenvalue weighted by molar-refractivity contribution is 6.30. The van der Waals surface area contributed by atoms with Crippen molar-refractivity contribution in [1.82, 2.24) is 4.90 Å². The van der Waals surface area contributed by atoms with Crippen molar-refractivity contribution in [2.75, 3.05) is 26.3 Å². The molecule has 21 heavy (non-hydrogen) atoms. The van der Waals surface area contributed by atoms with E-state index in [0.29, 0.717) is 23.9 Å². The lowest BCUT2D eigenvalue weighted by Gasteiger charge is -2.21. The Bertz CT molecular complexity index is 478. The zero-order valence-electron chi connectivity index (χ0n) is 12.3. The lowest BCUT2D eigenvalue weighted by Crippen LogP contribution is -2.39. The fourth-order valence-electron chi connectivity index (χ4n) is 1.72. The van der Waals surface area contributed by atoms with Crippen LogP contribution in [-0.2, 0) is 14.3 Å². The lowest BCUT2D eigenvalue weighted by molar-refractivity contribution is -0.149. The summed E-state index contributed by atoms with van der Waals surface area (Å²) in [5, 5.41) is 0.539. The topological polar surface area (TPSA) is 55.8 Å². The smallest absolute Gasteiger partial charge is 0.325 e. The first kappa shape index (κ1) is 17.3. The van der Waals surface area contributed by atoms with E-state index in [1.807, 2.05) is 6.92 Å². The first-order chi connectivity index (χ1) is 10.1. The van der Waals surface area contributed by atoms with E-state index in [1.54, 1.807) is 31.2 Å². The number of halogens is 1. The molecule has 1 rings (SSSR count). The van der Waals surface area contributed by atoms with Crippen molar-refractivity contribution >= 4 is 23.5 Å². The molecule has 1 amide bonds. The minimum atomic E-state index is -0.415. The summed E-state index contributed by atoms with van der Waals surface area (Å²) in [4.78, 5) is 25.0. The maximum atomic E-state index is 12.1. The predicted octanol–water partition coefficient (Wildman–Crippen LogP) is 2.52. The molecular weight excluding hydrogens is 294 g/mol. The van der Waals surface area contributed by atoms with Crippen LogP contribution in [0.5, 0.6) is 5.75 Å². The van der Waals surface area contributed by atoms with Gasteiger partial charge in [-0.2, -0.15) is 0 Å². The van der Waals surface area contributed by atoms with E-state index in [9.17, 15) is 9.59 Å². The summed E-state index contributed by atoms with van der Waals surface area (Å²) in [6.45, 7) is 4.25. The predicted molar refractivity (Wildman–Crippen MR) is 80.5 cm³/mol. The molecule has 1 aromatic rings. The molecule has 0 atom stereocenters. The van der Waals surface area contributed by atoms with Crippen LogP contribution in [0.15, 0.2) is 24.3 Å². The van der Waals surface area contributed by atoms with Gasteiger partial charge in [0.1, 0.15) is 12.3 Å². The highest BCUT2D eigenvalue weighted by atomic mass is 35.5. The van der Waals surface area contributed by atoms with Crippen molar-refractivity contribution in [3.63, 3.8) is 0 Å². The van der Waals surface area contributed by atoms with Crippen LogP contribution in [0.1, 0.15) is 20.3 Å².